The van der Waals surface area contributed by atoms with Crippen molar-refractivity contribution in [2.45, 2.75) is 58.8 Å². The second kappa shape index (κ2) is 16.3. The van der Waals surface area contributed by atoms with E-state index >= 15 is 0 Å². The highest BCUT2D eigenvalue weighted by Gasteiger charge is 2.09. The van der Waals surface area contributed by atoms with Gasteiger partial charge in [0.2, 0.25) is 0 Å². The Hall–Kier alpha value is 0.0700. The van der Waals surface area contributed by atoms with Crippen molar-refractivity contribution in [3.8, 4) is 0 Å². The summed E-state index contributed by atoms with van der Waals surface area (Å²) in [5, 5.41) is 3.13. The van der Waals surface area contributed by atoms with Crippen molar-refractivity contribution in [1.82, 2.24) is 5.32 Å². The standard InChI is InChI=1S/C15H33NO6S2.ClH/c1-3-5-15-24(19,20)22-13-11-16-10-8-6-7-9-12-21-23(17,18)14-4-2;/h16H,3-15H2,1-2H3;1H. The molecule has 0 atom stereocenters. The molecule has 0 fully saturated rings. The topological polar surface area (TPSA) is 98.8 Å². The zero-order valence-corrected chi connectivity index (χ0v) is 17.8. The van der Waals surface area contributed by atoms with E-state index in [1.165, 1.54) is 0 Å². The number of unbranched alkanes of at least 4 members (excludes halogenated alkanes) is 4. The summed E-state index contributed by atoms with van der Waals surface area (Å²) in [6, 6.07) is 0. The smallest absolute Gasteiger partial charge is 0.267 e. The third kappa shape index (κ3) is 18.7. The summed E-state index contributed by atoms with van der Waals surface area (Å²) in [5.74, 6) is 0.159. The van der Waals surface area contributed by atoms with Gasteiger partial charge in [-0.15, -0.1) is 12.4 Å². The van der Waals surface area contributed by atoms with Crippen LogP contribution in [0.2, 0.25) is 0 Å². The third-order valence-corrected chi connectivity index (χ3v) is 6.00. The number of rotatable bonds is 17. The van der Waals surface area contributed by atoms with E-state index in [0.29, 0.717) is 19.4 Å². The second-order valence-electron chi connectivity index (χ2n) is 5.69. The van der Waals surface area contributed by atoms with Crippen molar-refractivity contribution in [3.63, 3.8) is 0 Å². The summed E-state index contributed by atoms with van der Waals surface area (Å²) in [6.07, 6.45) is 5.57. The molecule has 25 heavy (non-hydrogen) atoms. The number of halogens is 1. The predicted octanol–water partition coefficient (Wildman–Crippen LogP) is 2.46. The lowest BCUT2D eigenvalue weighted by Crippen LogP contribution is -2.23. The molecule has 0 saturated carbocycles. The maximum Gasteiger partial charge on any atom is 0.267 e. The minimum atomic E-state index is -3.37. The second-order valence-corrected chi connectivity index (χ2v) is 9.20. The van der Waals surface area contributed by atoms with Gasteiger partial charge >= 0.3 is 0 Å². The summed E-state index contributed by atoms with van der Waals surface area (Å²) in [6.45, 7) is 5.44. The van der Waals surface area contributed by atoms with Crippen LogP contribution in [-0.2, 0) is 28.6 Å². The molecule has 0 aromatic heterocycles. The number of hydrogen-bond donors (Lipinski definition) is 1. The Kier molecular flexibility index (Phi) is 17.7. The van der Waals surface area contributed by atoms with Crippen molar-refractivity contribution in [3.05, 3.63) is 0 Å². The highest BCUT2D eigenvalue weighted by Crippen LogP contribution is 2.03. The Labute approximate surface area is 159 Å². The summed E-state index contributed by atoms with van der Waals surface area (Å²) >= 11 is 0. The summed E-state index contributed by atoms with van der Waals surface area (Å²) in [4.78, 5) is 0. The maximum absolute atomic E-state index is 11.4. The zero-order valence-electron chi connectivity index (χ0n) is 15.4. The zero-order chi connectivity index (χ0) is 18.3. The van der Waals surface area contributed by atoms with E-state index in [2.05, 4.69) is 5.32 Å². The van der Waals surface area contributed by atoms with Crippen molar-refractivity contribution in [2.75, 3.05) is 37.8 Å². The van der Waals surface area contributed by atoms with Gasteiger partial charge in [0.1, 0.15) is 0 Å². The van der Waals surface area contributed by atoms with E-state index in [-0.39, 0.29) is 37.1 Å². The summed E-state index contributed by atoms with van der Waals surface area (Å²) in [7, 11) is -6.70. The summed E-state index contributed by atoms with van der Waals surface area (Å²) in [5.41, 5.74) is 0. The molecule has 7 nitrogen and oxygen atoms in total. The van der Waals surface area contributed by atoms with Gasteiger partial charge in [0, 0.05) is 6.54 Å². The molecule has 0 rings (SSSR count). The molecule has 0 aliphatic carbocycles. The number of nitrogens with one attached hydrogen (secondary N) is 1. The van der Waals surface area contributed by atoms with Gasteiger partial charge in [-0.2, -0.15) is 16.8 Å². The molecule has 1 N–H and O–H groups in total. The molecule has 0 radical (unpaired) electrons. The van der Waals surface area contributed by atoms with E-state index < -0.39 is 20.2 Å². The fourth-order valence-electron chi connectivity index (χ4n) is 1.95. The first-order valence-corrected chi connectivity index (χ1v) is 11.9. The van der Waals surface area contributed by atoms with Crippen molar-refractivity contribution < 1.29 is 25.2 Å². The SMILES string of the molecule is CCCCS(=O)(=O)OCCNCCCCCCOS(=O)(=O)CCC.Cl. The Bertz CT molecular complexity index is 496. The first-order valence-electron chi connectivity index (χ1n) is 8.78. The van der Waals surface area contributed by atoms with Gasteiger partial charge in [-0.3, -0.25) is 8.37 Å². The highest BCUT2D eigenvalue weighted by atomic mass is 35.5. The quantitative estimate of drug-likeness (QED) is 0.283. The normalized spacial score (nSPS) is 12.1. The van der Waals surface area contributed by atoms with E-state index in [1.54, 1.807) is 6.92 Å². The van der Waals surface area contributed by atoms with Gasteiger partial charge in [0.15, 0.2) is 0 Å². The average Bonchev–Trinajstić information content (AvgIpc) is 2.50. The van der Waals surface area contributed by atoms with Crippen LogP contribution in [0.1, 0.15) is 58.8 Å². The Morgan fingerprint density at radius 2 is 1.28 bits per heavy atom. The maximum atomic E-state index is 11.4. The molecule has 0 spiro atoms. The molecule has 0 aliphatic heterocycles. The van der Waals surface area contributed by atoms with Gasteiger partial charge in [-0.05, 0) is 32.2 Å². The fourth-order valence-corrected chi connectivity index (χ4v) is 4.03. The van der Waals surface area contributed by atoms with E-state index in [4.69, 9.17) is 8.37 Å². The van der Waals surface area contributed by atoms with Gasteiger partial charge in [-0.25, -0.2) is 0 Å². The Balaban J connectivity index is 0. The van der Waals surface area contributed by atoms with Crippen molar-refractivity contribution in [1.29, 1.82) is 0 Å². The Morgan fingerprint density at radius 3 is 1.92 bits per heavy atom. The van der Waals surface area contributed by atoms with Crippen molar-refractivity contribution >= 4 is 32.6 Å². The molecule has 0 aliphatic rings. The average molecular weight is 424 g/mol. The van der Waals surface area contributed by atoms with Gasteiger partial charge in [0.05, 0.1) is 24.7 Å². The molecule has 154 valence electrons. The van der Waals surface area contributed by atoms with Crippen LogP contribution in [0.15, 0.2) is 0 Å². The molecule has 0 saturated heterocycles. The Morgan fingerprint density at radius 1 is 0.680 bits per heavy atom. The van der Waals surface area contributed by atoms with Crippen LogP contribution in [0.5, 0.6) is 0 Å². The molecule has 10 heteroatoms. The van der Waals surface area contributed by atoms with Crippen LogP contribution in [0.3, 0.4) is 0 Å². The van der Waals surface area contributed by atoms with E-state index in [1.807, 2.05) is 6.92 Å². The third-order valence-electron chi connectivity index (χ3n) is 3.25. The summed E-state index contributed by atoms with van der Waals surface area (Å²) < 4.78 is 55.2. The van der Waals surface area contributed by atoms with Crippen LogP contribution in [0.4, 0.5) is 0 Å². The fraction of sp³-hybridized carbons (Fsp3) is 1.00. The first-order chi connectivity index (χ1) is 11.3. The molecule has 0 aromatic rings. The largest absolute Gasteiger partial charge is 0.314 e. The lowest BCUT2D eigenvalue weighted by Gasteiger charge is -2.07. The van der Waals surface area contributed by atoms with Gasteiger partial charge < -0.3 is 5.32 Å². The molecular weight excluding hydrogens is 390 g/mol. The number of hydrogen-bond acceptors (Lipinski definition) is 7. The van der Waals surface area contributed by atoms with Crippen LogP contribution in [0.25, 0.3) is 0 Å². The van der Waals surface area contributed by atoms with Crippen LogP contribution in [0, 0.1) is 0 Å². The van der Waals surface area contributed by atoms with Gasteiger partial charge in [0.25, 0.3) is 20.2 Å². The minimum absolute atomic E-state index is 0. The predicted molar refractivity (Wildman–Crippen MR) is 103 cm³/mol. The molecule has 0 aromatic carbocycles. The molecule has 0 heterocycles. The van der Waals surface area contributed by atoms with Crippen LogP contribution >= 0.6 is 12.4 Å². The van der Waals surface area contributed by atoms with Crippen LogP contribution in [-0.4, -0.2) is 54.6 Å². The lowest BCUT2D eigenvalue weighted by molar-refractivity contribution is 0.305. The van der Waals surface area contributed by atoms with E-state index in [9.17, 15) is 16.8 Å². The molecule has 0 bridgehead atoms. The van der Waals surface area contributed by atoms with Crippen LogP contribution < -0.4 is 5.32 Å². The monoisotopic (exact) mass is 423 g/mol. The molecule has 0 unspecified atom stereocenters. The minimum Gasteiger partial charge on any atom is -0.314 e. The molecular formula is C15H34ClNO6S2. The molecule has 0 amide bonds. The first kappa shape index (κ1) is 27.3. The van der Waals surface area contributed by atoms with Crippen molar-refractivity contribution in [2.24, 2.45) is 0 Å². The highest BCUT2D eigenvalue weighted by molar-refractivity contribution is 7.86. The lowest BCUT2D eigenvalue weighted by atomic mass is 10.2. The van der Waals surface area contributed by atoms with E-state index in [0.717, 1.165) is 38.6 Å². The van der Waals surface area contributed by atoms with Gasteiger partial charge in [-0.1, -0.05) is 33.1 Å².